The Labute approximate surface area is 366 Å². The number of hydrogen-bond donors (Lipinski definition) is 0. The van der Waals surface area contributed by atoms with Gasteiger partial charge in [-0.25, -0.2) is 0 Å². The molecule has 0 atom stereocenters. The van der Waals surface area contributed by atoms with E-state index >= 15 is 0 Å². The van der Waals surface area contributed by atoms with Crippen molar-refractivity contribution in [2.75, 3.05) is 4.90 Å². The van der Waals surface area contributed by atoms with Crippen molar-refractivity contribution in [3.05, 3.63) is 243 Å². The summed E-state index contributed by atoms with van der Waals surface area (Å²) < 4.78 is 8.98. The summed E-state index contributed by atoms with van der Waals surface area (Å²) in [6, 6.07) is 87.1. The fourth-order valence-corrected chi connectivity index (χ4v) is 9.56. The van der Waals surface area contributed by atoms with Gasteiger partial charge in [-0.05, 0) is 94.0 Å². The molecule has 0 unspecified atom stereocenters. The minimum absolute atomic E-state index is 0.892. The molecule has 12 aromatic rings. The van der Waals surface area contributed by atoms with Gasteiger partial charge >= 0.3 is 0 Å². The molecular weight excluding hydrogens is 765 g/mol. The molecule has 12 rings (SSSR count). The van der Waals surface area contributed by atoms with Crippen molar-refractivity contribution < 1.29 is 4.42 Å². The maximum absolute atomic E-state index is 6.56. The topological polar surface area (TPSA) is 21.3 Å². The summed E-state index contributed by atoms with van der Waals surface area (Å²) in [4.78, 5) is 2.39. The van der Waals surface area contributed by atoms with Crippen LogP contribution in [-0.2, 0) is 0 Å². The fraction of sp³-hybridized carbons (Fsp3) is 0. The van der Waals surface area contributed by atoms with E-state index in [2.05, 4.69) is 240 Å². The Balaban J connectivity index is 1.04. The van der Waals surface area contributed by atoms with Crippen molar-refractivity contribution in [2.24, 2.45) is 0 Å². The van der Waals surface area contributed by atoms with Gasteiger partial charge in [0.1, 0.15) is 11.2 Å². The van der Waals surface area contributed by atoms with Crippen LogP contribution in [0.5, 0.6) is 0 Å². The summed E-state index contributed by atoms with van der Waals surface area (Å²) in [7, 11) is 0. The smallest absolute Gasteiger partial charge is 0.143 e. The molecule has 0 amide bonds. The van der Waals surface area contributed by atoms with Crippen LogP contribution in [0.15, 0.2) is 247 Å². The molecule has 0 N–H and O–H groups in total. The molecular formula is C60H40N2O. The van der Waals surface area contributed by atoms with E-state index in [1.54, 1.807) is 0 Å². The highest BCUT2D eigenvalue weighted by Gasteiger charge is 2.20. The predicted octanol–water partition coefficient (Wildman–Crippen LogP) is 16.8. The molecule has 0 radical (unpaired) electrons. The normalized spacial score (nSPS) is 11.5. The van der Waals surface area contributed by atoms with Crippen LogP contribution in [0.2, 0.25) is 0 Å². The average Bonchev–Trinajstić information content (AvgIpc) is 3.91. The number of furan rings is 1. The standard InChI is InChI=1S/C60H40N2O/c1-2-18-41(19-3-1)48-26-4-5-27-49(48)42-20-14-23-45(38-42)61(47-25-16-22-44(40-47)51-32-17-33-55-54-31-9-13-37-59(54)63-60(51)55)46-24-15-21-43(39-46)50-28-6-10-34-56(50)62-57-35-11-7-29-52(57)53-30-8-12-36-58(53)62/h1-40H. The number of benzene rings is 10. The summed E-state index contributed by atoms with van der Waals surface area (Å²) in [5, 5.41) is 4.73. The zero-order valence-corrected chi connectivity index (χ0v) is 34.4. The highest BCUT2D eigenvalue weighted by Crippen LogP contribution is 2.44. The van der Waals surface area contributed by atoms with E-state index < -0.39 is 0 Å². The first kappa shape index (κ1) is 36.5. The number of nitrogens with zero attached hydrogens (tertiary/aromatic N) is 2. The van der Waals surface area contributed by atoms with Crippen molar-refractivity contribution in [3.63, 3.8) is 0 Å². The van der Waals surface area contributed by atoms with Gasteiger partial charge < -0.3 is 13.9 Å². The number of fused-ring (bicyclic) bond motifs is 6. The zero-order chi connectivity index (χ0) is 41.7. The fourth-order valence-electron chi connectivity index (χ4n) is 9.56. The molecule has 2 heterocycles. The maximum atomic E-state index is 6.56. The molecule has 0 saturated heterocycles. The van der Waals surface area contributed by atoms with Gasteiger partial charge in [0, 0.05) is 49.7 Å². The van der Waals surface area contributed by atoms with Crippen molar-refractivity contribution in [3.8, 4) is 50.2 Å². The van der Waals surface area contributed by atoms with E-state index in [1.165, 1.54) is 38.5 Å². The monoisotopic (exact) mass is 804 g/mol. The second kappa shape index (κ2) is 15.3. The van der Waals surface area contributed by atoms with Gasteiger partial charge in [0.15, 0.2) is 0 Å². The van der Waals surface area contributed by atoms with Crippen molar-refractivity contribution >= 4 is 60.8 Å². The van der Waals surface area contributed by atoms with Crippen LogP contribution in [-0.4, -0.2) is 4.57 Å². The summed E-state index contributed by atoms with van der Waals surface area (Å²) >= 11 is 0. The zero-order valence-electron chi connectivity index (χ0n) is 34.4. The molecule has 0 aliphatic carbocycles. The van der Waals surface area contributed by atoms with E-state index in [4.69, 9.17) is 4.42 Å². The molecule has 0 aliphatic heterocycles. The third kappa shape index (κ3) is 6.29. The lowest BCUT2D eigenvalue weighted by Gasteiger charge is -2.27. The molecule has 0 saturated carbocycles. The first-order chi connectivity index (χ1) is 31.3. The average molecular weight is 805 g/mol. The van der Waals surface area contributed by atoms with Crippen molar-refractivity contribution in [1.29, 1.82) is 0 Å². The molecule has 3 nitrogen and oxygen atoms in total. The van der Waals surface area contributed by atoms with Crippen LogP contribution >= 0.6 is 0 Å². The van der Waals surface area contributed by atoms with Crippen LogP contribution in [0.4, 0.5) is 17.1 Å². The Bertz CT molecular complexity index is 3600. The van der Waals surface area contributed by atoms with E-state index in [9.17, 15) is 0 Å². The van der Waals surface area contributed by atoms with Crippen LogP contribution in [0, 0.1) is 0 Å². The Kier molecular flexibility index (Phi) is 8.83. The number of rotatable bonds is 8. The molecule has 2 aromatic heterocycles. The van der Waals surface area contributed by atoms with Crippen LogP contribution in [0.1, 0.15) is 0 Å². The number of aromatic nitrogens is 1. The number of para-hydroxylation sites is 5. The quantitative estimate of drug-likeness (QED) is 0.153. The maximum Gasteiger partial charge on any atom is 0.143 e. The molecule has 0 aliphatic rings. The third-order valence-corrected chi connectivity index (χ3v) is 12.4. The lowest BCUT2D eigenvalue weighted by atomic mass is 9.94. The van der Waals surface area contributed by atoms with Gasteiger partial charge in [-0.1, -0.05) is 182 Å². The van der Waals surface area contributed by atoms with Gasteiger partial charge in [-0.3, -0.25) is 0 Å². The molecule has 0 spiro atoms. The van der Waals surface area contributed by atoms with Crippen LogP contribution in [0.3, 0.4) is 0 Å². The van der Waals surface area contributed by atoms with E-state index in [0.717, 1.165) is 72.5 Å². The van der Waals surface area contributed by atoms with Gasteiger partial charge in [0.25, 0.3) is 0 Å². The molecule has 0 bridgehead atoms. The molecule has 296 valence electrons. The number of anilines is 3. The Hall–Kier alpha value is -8.40. The Morgan fingerprint density at radius 3 is 1.38 bits per heavy atom. The first-order valence-electron chi connectivity index (χ1n) is 21.5. The minimum atomic E-state index is 0.892. The van der Waals surface area contributed by atoms with Crippen molar-refractivity contribution in [2.45, 2.75) is 0 Å². The van der Waals surface area contributed by atoms with Gasteiger partial charge in [-0.15, -0.1) is 0 Å². The summed E-state index contributed by atoms with van der Waals surface area (Å²) in [6.07, 6.45) is 0. The molecule has 3 heteroatoms. The van der Waals surface area contributed by atoms with Crippen LogP contribution in [0.25, 0.3) is 93.9 Å². The largest absolute Gasteiger partial charge is 0.455 e. The van der Waals surface area contributed by atoms with Gasteiger partial charge in [0.05, 0.1) is 16.7 Å². The highest BCUT2D eigenvalue weighted by molar-refractivity contribution is 6.11. The van der Waals surface area contributed by atoms with Crippen molar-refractivity contribution in [1.82, 2.24) is 4.57 Å². The van der Waals surface area contributed by atoms with E-state index in [-0.39, 0.29) is 0 Å². The minimum Gasteiger partial charge on any atom is -0.455 e. The highest BCUT2D eigenvalue weighted by atomic mass is 16.3. The Morgan fingerprint density at radius 2 is 0.730 bits per heavy atom. The summed E-state index contributed by atoms with van der Waals surface area (Å²) in [5.41, 5.74) is 17.6. The van der Waals surface area contributed by atoms with E-state index in [1.807, 2.05) is 12.1 Å². The van der Waals surface area contributed by atoms with E-state index in [0.29, 0.717) is 0 Å². The lowest BCUT2D eigenvalue weighted by molar-refractivity contribution is 0.670. The summed E-state index contributed by atoms with van der Waals surface area (Å²) in [5.74, 6) is 0. The second-order valence-corrected chi connectivity index (χ2v) is 16.1. The SMILES string of the molecule is c1ccc(-c2ccccc2-c2cccc(N(c3cccc(-c4ccccc4-n4c5ccccc5c5ccccc54)c3)c3cccc(-c4cccc5c4oc4ccccc45)c3)c2)cc1. The van der Waals surface area contributed by atoms with Crippen LogP contribution < -0.4 is 4.90 Å². The predicted molar refractivity (Wildman–Crippen MR) is 264 cm³/mol. The molecule has 0 fully saturated rings. The molecule has 63 heavy (non-hydrogen) atoms. The summed E-state index contributed by atoms with van der Waals surface area (Å²) in [6.45, 7) is 0. The first-order valence-corrected chi connectivity index (χ1v) is 21.5. The number of hydrogen-bond acceptors (Lipinski definition) is 2. The third-order valence-electron chi connectivity index (χ3n) is 12.4. The Morgan fingerprint density at radius 1 is 0.302 bits per heavy atom. The lowest BCUT2D eigenvalue weighted by Crippen LogP contribution is -2.10. The second-order valence-electron chi connectivity index (χ2n) is 16.1. The van der Waals surface area contributed by atoms with Gasteiger partial charge in [0.2, 0.25) is 0 Å². The van der Waals surface area contributed by atoms with Gasteiger partial charge in [-0.2, -0.15) is 0 Å². The molecule has 10 aromatic carbocycles.